The lowest BCUT2D eigenvalue weighted by atomic mass is 10.0. The minimum atomic E-state index is -0.739. The number of hydrogen-bond acceptors (Lipinski definition) is 11. The standard InChI is InChI=1S/C26H44O6.C10H14O5/c1-5-6-7-8-9-10-11-12-13-14-15-16-17-18-22(27)30-23-20(2)25(28)31-24(23)21-19-29-26(3,4)32-21;1-5-7(11)8(14-9(5)12)6-4-13-10(2,3)15-6/h21,24H,5-19H2,1-4H3;6,8,11H,4H2,1-3H3/t21-,24+;6-,8+/m00/s1. The highest BCUT2D eigenvalue weighted by Crippen LogP contribution is 2.34. The molecule has 4 aliphatic rings. The van der Waals surface area contributed by atoms with Crippen molar-refractivity contribution < 1.29 is 52.6 Å². The van der Waals surface area contributed by atoms with E-state index in [0.717, 1.165) is 19.3 Å². The summed E-state index contributed by atoms with van der Waals surface area (Å²) in [5.74, 6) is -2.47. The van der Waals surface area contributed by atoms with Crippen molar-refractivity contribution in [1.29, 1.82) is 0 Å². The summed E-state index contributed by atoms with van der Waals surface area (Å²) in [6.07, 6.45) is 14.4. The molecule has 1 N–H and O–H groups in total. The molecule has 0 saturated carbocycles. The predicted molar refractivity (Wildman–Crippen MR) is 174 cm³/mol. The molecule has 4 rings (SSSR count). The van der Waals surface area contributed by atoms with Crippen molar-refractivity contribution in [2.45, 2.75) is 174 Å². The Bertz CT molecular complexity index is 1120. The highest BCUT2D eigenvalue weighted by Gasteiger charge is 2.47. The van der Waals surface area contributed by atoms with Crippen LogP contribution in [-0.4, -0.2) is 72.2 Å². The van der Waals surface area contributed by atoms with Gasteiger partial charge in [-0.2, -0.15) is 0 Å². The Kier molecular flexibility index (Phi) is 15.2. The topological polar surface area (TPSA) is 136 Å². The van der Waals surface area contributed by atoms with E-state index >= 15 is 0 Å². The molecular weight excluding hydrogens is 608 g/mol. The molecule has 47 heavy (non-hydrogen) atoms. The summed E-state index contributed by atoms with van der Waals surface area (Å²) in [5, 5.41) is 9.66. The minimum Gasteiger partial charge on any atom is -0.508 e. The van der Waals surface area contributed by atoms with Crippen LogP contribution in [0.5, 0.6) is 0 Å². The number of aliphatic hydroxyl groups excluding tert-OH is 1. The Hall–Kier alpha value is -2.47. The summed E-state index contributed by atoms with van der Waals surface area (Å²) < 4.78 is 38.1. The van der Waals surface area contributed by atoms with E-state index in [-0.39, 0.29) is 29.7 Å². The second-order valence-corrected chi connectivity index (χ2v) is 13.9. The van der Waals surface area contributed by atoms with Crippen molar-refractivity contribution in [2.24, 2.45) is 0 Å². The van der Waals surface area contributed by atoms with Gasteiger partial charge >= 0.3 is 17.9 Å². The van der Waals surface area contributed by atoms with Crippen LogP contribution in [-0.2, 0) is 47.5 Å². The van der Waals surface area contributed by atoms with Gasteiger partial charge in [-0.15, -0.1) is 0 Å². The fourth-order valence-corrected chi connectivity index (χ4v) is 5.97. The Balaban J connectivity index is 0.000000331. The molecule has 0 aromatic rings. The van der Waals surface area contributed by atoms with Gasteiger partial charge in [0.05, 0.1) is 24.4 Å². The number of carbonyl (C=O) groups is 3. The minimum absolute atomic E-state index is 0.0497. The predicted octanol–water partition coefficient (Wildman–Crippen LogP) is 7.26. The Labute approximate surface area is 280 Å². The first-order chi connectivity index (χ1) is 22.2. The monoisotopic (exact) mass is 666 g/mol. The van der Waals surface area contributed by atoms with Crippen LogP contribution in [0.1, 0.15) is 138 Å². The number of aliphatic hydroxyl groups is 1. The first-order valence-electron chi connectivity index (χ1n) is 17.6. The molecule has 0 radical (unpaired) electrons. The zero-order valence-corrected chi connectivity index (χ0v) is 29.7. The average molecular weight is 667 g/mol. The van der Waals surface area contributed by atoms with Crippen LogP contribution >= 0.6 is 0 Å². The van der Waals surface area contributed by atoms with Crippen LogP contribution in [0.4, 0.5) is 0 Å². The van der Waals surface area contributed by atoms with Gasteiger partial charge in [-0.05, 0) is 48.0 Å². The summed E-state index contributed by atoms with van der Waals surface area (Å²) in [5.41, 5.74) is 0.579. The van der Waals surface area contributed by atoms with Gasteiger partial charge in [0.1, 0.15) is 18.0 Å². The lowest BCUT2D eigenvalue weighted by molar-refractivity contribution is -0.164. The molecule has 268 valence electrons. The van der Waals surface area contributed by atoms with Crippen molar-refractivity contribution in [1.82, 2.24) is 0 Å². The SMILES string of the molecule is CC1=C(O)[C@@H]([C@@H]2COC(C)(C)O2)OC1=O.CCCCCCCCCCCCCCCC(=O)OC1=C(C)C(=O)O[C@@H]1[C@@H]1COC(C)(C)O1. The first kappa shape index (κ1) is 39.0. The molecule has 4 aliphatic heterocycles. The van der Waals surface area contributed by atoms with Gasteiger partial charge in [-0.3, -0.25) is 4.79 Å². The molecule has 0 amide bonds. The summed E-state index contributed by atoms with van der Waals surface area (Å²) in [6, 6.07) is 0. The van der Waals surface area contributed by atoms with Crippen molar-refractivity contribution in [3.05, 3.63) is 22.7 Å². The van der Waals surface area contributed by atoms with Gasteiger partial charge in [0.2, 0.25) is 0 Å². The summed E-state index contributed by atoms with van der Waals surface area (Å²) in [7, 11) is 0. The molecular formula is C36H58O11. The second-order valence-electron chi connectivity index (χ2n) is 13.9. The second kappa shape index (κ2) is 18.3. The van der Waals surface area contributed by atoms with Crippen LogP contribution < -0.4 is 0 Å². The molecule has 2 fully saturated rings. The van der Waals surface area contributed by atoms with Crippen LogP contribution in [0.15, 0.2) is 22.7 Å². The van der Waals surface area contributed by atoms with E-state index in [1.54, 1.807) is 34.6 Å². The molecule has 4 heterocycles. The van der Waals surface area contributed by atoms with E-state index in [1.165, 1.54) is 71.1 Å². The summed E-state index contributed by atoms with van der Waals surface area (Å²) in [6.45, 7) is 13.2. The fourth-order valence-electron chi connectivity index (χ4n) is 5.97. The summed E-state index contributed by atoms with van der Waals surface area (Å²) >= 11 is 0. The smallest absolute Gasteiger partial charge is 0.338 e. The molecule has 0 spiro atoms. The largest absolute Gasteiger partial charge is 0.508 e. The zero-order valence-electron chi connectivity index (χ0n) is 29.7. The van der Waals surface area contributed by atoms with E-state index < -0.39 is 47.9 Å². The molecule has 0 aromatic heterocycles. The van der Waals surface area contributed by atoms with Crippen molar-refractivity contribution >= 4 is 17.9 Å². The molecule has 4 atom stereocenters. The maximum absolute atomic E-state index is 12.3. The molecule has 0 unspecified atom stereocenters. The highest BCUT2D eigenvalue weighted by atomic mass is 16.8. The number of carbonyl (C=O) groups excluding carboxylic acids is 3. The average Bonchev–Trinajstić information content (AvgIpc) is 3.72. The van der Waals surface area contributed by atoms with Gasteiger partial charge in [0.25, 0.3) is 0 Å². The number of rotatable bonds is 17. The molecule has 0 aromatic carbocycles. The fraction of sp³-hybridized carbons (Fsp3) is 0.806. The van der Waals surface area contributed by atoms with E-state index in [4.69, 9.17) is 33.2 Å². The van der Waals surface area contributed by atoms with E-state index in [2.05, 4.69) is 6.92 Å². The van der Waals surface area contributed by atoms with Crippen LogP contribution in [0, 0.1) is 0 Å². The first-order valence-corrected chi connectivity index (χ1v) is 17.6. The number of unbranched alkanes of at least 4 members (excludes halogenated alkanes) is 12. The van der Waals surface area contributed by atoms with E-state index in [9.17, 15) is 19.5 Å². The third kappa shape index (κ3) is 12.2. The third-order valence-electron chi connectivity index (χ3n) is 8.81. The van der Waals surface area contributed by atoms with Crippen LogP contribution in [0.3, 0.4) is 0 Å². The van der Waals surface area contributed by atoms with Crippen LogP contribution in [0.2, 0.25) is 0 Å². The normalized spacial score (nSPS) is 26.4. The quantitative estimate of drug-likeness (QED) is 0.0954. The lowest BCUT2D eigenvalue weighted by Crippen LogP contribution is -2.34. The molecule has 11 heteroatoms. The number of esters is 3. The van der Waals surface area contributed by atoms with Gasteiger partial charge in [-0.25, -0.2) is 9.59 Å². The highest BCUT2D eigenvalue weighted by molar-refractivity contribution is 5.92. The number of ether oxygens (including phenoxy) is 7. The van der Waals surface area contributed by atoms with Crippen molar-refractivity contribution in [3.63, 3.8) is 0 Å². The Morgan fingerprint density at radius 2 is 1.13 bits per heavy atom. The van der Waals surface area contributed by atoms with Crippen molar-refractivity contribution in [2.75, 3.05) is 13.2 Å². The molecule has 11 nitrogen and oxygen atoms in total. The van der Waals surface area contributed by atoms with Gasteiger partial charge < -0.3 is 38.3 Å². The van der Waals surface area contributed by atoms with E-state index in [0.29, 0.717) is 18.6 Å². The number of cyclic esters (lactones) is 2. The Morgan fingerprint density at radius 3 is 1.55 bits per heavy atom. The molecule has 0 bridgehead atoms. The third-order valence-corrected chi connectivity index (χ3v) is 8.81. The van der Waals surface area contributed by atoms with E-state index in [1.807, 2.05) is 0 Å². The van der Waals surface area contributed by atoms with Gasteiger partial charge in [0, 0.05) is 6.42 Å². The van der Waals surface area contributed by atoms with Gasteiger partial charge in [0.15, 0.2) is 29.5 Å². The maximum atomic E-state index is 12.3. The molecule has 0 aliphatic carbocycles. The maximum Gasteiger partial charge on any atom is 0.338 e. The summed E-state index contributed by atoms with van der Waals surface area (Å²) in [4.78, 5) is 35.5. The van der Waals surface area contributed by atoms with Gasteiger partial charge in [-0.1, -0.05) is 84.0 Å². The zero-order chi connectivity index (χ0) is 34.6. The Morgan fingerprint density at radius 1 is 0.702 bits per heavy atom. The van der Waals surface area contributed by atoms with Crippen LogP contribution in [0.25, 0.3) is 0 Å². The lowest BCUT2D eigenvalue weighted by Gasteiger charge is -2.21. The number of hydrogen-bond donors (Lipinski definition) is 1. The van der Waals surface area contributed by atoms with Crippen molar-refractivity contribution in [3.8, 4) is 0 Å². The molecule has 2 saturated heterocycles.